The van der Waals surface area contributed by atoms with E-state index in [1.54, 1.807) is 0 Å². The van der Waals surface area contributed by atoms with Crippen molar-refractivity contribution in [3.05, 3.63) is 54.1 Å². The van der Waals surface area contributed by atoms with E-state index in [1.165, 1.54) is 11.1 Å². The molecule has 0 fully saturated rings. The lowest BCUT2D eigenvalue weighted by molar-refractivity contribution is 0.314. The largest absolute Gasteiger partial charge is 0.337 e. The lowest BCUT2D eigenvalue weighted by Crippen LogP contribution is -2.20. The fourth-order valence-electron chi connectivity index (χ4n) is 2.14. The highest BCUT2D eigenvalue weighted by Crippen LogP contribution is 2.07. The fraction of sp³-hybridized carbons (Fsp3) is 0.400. The van der Waals surface area contributed by atoms with Crippen molar-refractivity contribution in [1.29, 1.82) is 0 Å². The van der Waals surface area contributed by atoms with Crippen LogP contribution in [-0.2, 0) is 13.1 Å². The zero-order chi connectivity index (χ0) is 12.8. The molecule has 0 saturated carbocycles. The number of aryl methyl sites for hydroxylation is 2. The zero-order valence-electron chi connectivity index (χ0n) is 11.2. The van der Waals surface area contributed by atoms with Crippen molar-refractivity contribution in [2.45, 2.75) is 26.4 Å². The first-order valence-corrected chi connectivity index (χ1v) is 6.44. The fourth-order valence-corrected chi connectivity index (χ4v) is 2.14. The van der Waals surface area contributed by atoms with Gasteiger partial charge in [-0.2, -0.15) is 0 Å². The van der Waals surface area contributed by atoms with Crippen LogP contribution in [0.25, 0.3) is 0 Å². The first kappa shape index (κ1) is 12.8. The Labute approximate surface area is 109 Å². The third-order valence-corrected chi connectivity index (χ3v) is 3.05. The van der Waals surface area contributed by atoms with Crippen LogP contribution in [0.5, 0.6) is 0 Å². The average molecular weight is 243 g/mol. The van der Waals surface area contributed by atoms with Gasteiger partial charge in [-0.25, -0.2) is 4.98 Å². The third kappa shape index (κ3) is 4.00. The highest BCUT2D eigenvalue weighted by atomic mass is 15.1. The van der Waals surface area contributed by atoms with E-state index in [0.29, 0.717) is 0 Å². The van der Waals surface area contributed by atoms with Gasteiger partial charge >= 0.3 is 0 Å². The molecule has 0 saturated heterocycles. The van der Waals surface area contributed by atoms with Gasteiger partial charge in [0.15, 0.2) is 0 Å². The van der Waals surface area contributed by atoms with Crippen molar-refractivity contribution in [1.82, 2.24) is 14.5 Å². The van der Waals surface area contributed by atoms with Gasteiger partial charge in [-0.05, 0) is 32.5 Å². The summed E-state index contributed by atoms with van der Waals surface area (Å²) in [6.45, 7) is 5.30. The first-order chi connectivity index (χ1) is 8.74. The first-order valence-electron chi connectivity index (χ1n) is 6.44. The zero-order valence-corrected chi connectivity index (χ0v) is 11.2. The van der Waals surface area contributed by atoms with Crippen LogP contribution in [0, 0.1) is 6.92 Å². The van der Waals surface area contributed by atoms with E-state index in [2.05, 4.69) is 52.7 Å². The molecule has 2 aromatic rings. The Kier molecular flexibility index (Phi) is 4.53. The van der Waals surface area contributed by atoms with Crippen molar-refractivity contribution < 1.29 is 0 Å². The Hall–Kier alpha value is -1.61. The Morgan fingerprint density at radius 3 is 2.94 bits per heavy atom. The molecule has 0 aliphatic carbocycles. The number of rotatable bonds is 6. The van der Waals surface area contributed by atoms with Crippen molar-refractivity contribution >= 4 is 0 Å². The van der Waals surface area contributed by atoms with Crippen LogP contribution < -0.4 is 0 Å². The van der Waals surface area contributed by atoms with E-state index >= 15 is 0 Å². The quantitative estimate of drug-likeness (QED) is 0.778. The van der Waals surface area contributed by atoms with E-state index < -0.39 is 0 Å². The highest BCUT2D eigenvalue weighted by molar-refractivity contribution is 5.21. The van der Waals surface area contributed by atoms with Gasteiger partial charge in [-0.3, -0.25) is 0 Å². The number of hydrogen-bond donors (Lipinski definition) is 0. The van der Waals surface area contributed by atoms with Gasteiger partial charge in [0.1, 0.15) is 0 Å². The Morgan fingerprint density at radius 2 is 2.22 bits per heavy atom. The second-order valence-electron chi connectivity index (χ2n) is 4.88. The molecule has 0 radical (unpaired) electrons. The van der Waals surface area contributed by atoms with Gasteiger partial charge in [0.25, 0.3) is 0 Å². The summed E-state index contributed by atoms with van der Waals surface area (Å²) in [4.78, 5) is 6.41. The Bertz CT molecular complexity index is 462. The molecular weight excluding hydrogens is 222 g/mol. The molecule has 0 atom stereocenters. The van der Waals surface area contributed by atoms with Crippen LogP contribution in [0.2, 0.25) is 0 Å². The molecule has 0 unspecified atom stereocenters. The summed E-state index contributed by atoms with van der Waals surface area (Å²) in [5.41, 5.74) is 2.72. The number of aromatic nitrogens is 2. The lowest BCUT2D eigenvalue weighted by Gasteiger charge is -2.17. The summed E-state index contributed by atoms with van der Waals surface area (Å²) < 4.78 is 2.13. The molecule has 3 nitrogen and oxygen atoms in total. The van der Waals surface area contributed by atoms with Crippen molar-refractivity contribution in [3.63, 3.8) is 0 Å². The molecule has 1 heterocycles. The van der Waals surface area contributed by atoms with Crippen molar-refractivity contribution in [2.75, 3.05) is 13.6 Å². The SMILES string of the molecule is Cc1cccc(CN(C)CCCn2ccnc2)c1. The maximum atomic E-state index is 4.05. The minimum absolute atomic E-state index is 1.02. The van der Waals surface area contributed by atoms with Gasteiger partial charge in [-0.1, -0.05) is 29.8 Å². The second-order valence-corrected chi connectivity index (χ2v) is 4.88. The Morgan fingerprint density at radius 1 is 1.33 bits per heavy atom. The molecule has 1 aromatic carbocycles. The smallest absolute Gasteiger partial charge is 0.0945 e. The minimum atomic E-state index is 1.02. The van der Waals surface area contributed by atoms with Crippen molar-refractivity contribution in [3.8, 4) is 0 Å². The maximum Gasteiger partial charge on any atom is 0.0945 e. The standard InChI is InChI=1S/C15H21N3/c1-14-5-3-6-15(11-14)12-17(2)8-4-9-18-10-7-16-13-18/h3,5-7,10-11,13H,4,8-9,12H2,1-2H3. The van der Waals surface area contributed by atoms with Crippen LogP contribution in [0.15, 0.2) is 43.0 Å². The number of hydrogen-bond acceptors (Lipinski definition) is 2. The molecular formula is C15H21N3. The summed E-state index contributed by atoms with van der Waals surface area (Å²) in [6.07, 6.45) is 6.87. The summed E-state index contributed by atoms with van der Waals surface area (Å²) in [7, 11) is 2.18. The molecule has 0 aliphatic heterocycles. The molecule has 96 valence electrons. The molecule has 1 aromatic heterocycles. The van der Waals surface area contributed by atoms with Gasteiger partial charge in [0.2, 0.25) is 0 Å². The summed E-state index contributed by atoms with van der Waals surface area (Å²) in [5.74, 6) is 0. The molecule has 2 rings (SSSR count). The van der Waals surface area contributed by atoms with E-state index in [-0.39, 0.29) is 0 Å². The van der Waals surface area contributed by atoms with E-state index in [1.807, 2.05) is 18.7 Å². The van der Waals surface area contributed by atoms with Crippen LogP contribution in [0.3, 0.4) is 0 Å². The number of nitrogens with zero attached hydrogens (tertiary/aromatic N) is 3. The second kappa shape index (κ2) is 6.36. The lowest BCUT2D eigenvalue weighted by atomic mass is 10.1. The molecule has 0 amide bonds. The van der Waals surface area contributed by atoms with Crippen molar-refractivity contribution in [2.24, 2.45) is 0 Å². The van der Waals surface area contributed by atoms with Crippen LogP contribution >= 0.6 is 0 Å². The summed E-state index contributed by atoms with van der Waals surface area (Å²) >= 11 is 0. The predicted molar refractivity (Wildman–Crippen MR) is 74.4 cm³/mol. The number of benzene rings is 1. The topological polar surface area (TPSA) is 21.1 Å². The van der Waals surface area contributed by atoms with Gasteiger partial charge in [0.05, 0.1) is 6.33 Å². The summed E-state index contributed by atoms with van der Waals surface area (Å²) in [6, 6.07) is 8.72. The monoisotopic (exact) mass is 243 g/mol. The maximum absolute atomic E-state index is 4.05. The third-order valence-electron chi connectivity index (χ3n) is 3.05. The van der Waals surface area contributed by atoms with Crippen LogP contribution in [0.1, 0.15) is 17.5 Å². The minimum Gasteiger partial charge on any atom is -0.337 e. The molecule has 0 bridgehead atoms. The highest BCUT2D eigenvalue weighted by Gasteiger charge is 2.00. The van der Waals surface area contributed by atoms with Crippen LogP contribution in [-0.4, -0.2) is 28.0 Å². The molecule has 18 heavy (non-hydrogen) atoms. The van der Waals surface area contributed by atoms with Gasteiger partial charge in [0, 0.05) is 25.5 Å². The van der Waals surface area contributed by atoms with E-state index in [4.69, 9.17) is 0 Å². The molecule has 0 N–H and O–H groups in total. The molecule has 0 spiro atoms. The van der Waals surface area contributed by atoms with Gasteiger partial charge in [-0.15, -0.1) is 0 Å². The van der Waals surface area contributed by atoms with E-state index in [0.717, 1.165) is 26.1 Å². The molecule has 0 aliphatic rings. The van der Waals surface area contributed by atoms with Gasteiger partial charge < -0.3 is 9.47 Å². The Balaban J connectivity index is 1.73. The predicted octanol–water partition coefficient (Wildman–Crippen LogP) is 2.71. The number of imidazole rings is 1. The van der Waals surface area contributed by atoms with E-state index in [9.17, 15) is 0 Å². The summed E-state index contributed by atoms with van der Waals surface area (Å²) in [5, 5.41) is 0. The van der Waals surface area contributed by atoms with Crippen LogP contribution in [0.4, 0.5) is 0 Å². The normalized spacial score (nSPS) is 11.1. The molecule has 3 heteroatoms. The average Bonchev–Trinajstić information content (AvgIpc) is 2.82.